The van der Waals surface area contributed by atoms with Crippen LogP contribution >= 0.6 is 0 Å². The quantitative estimate of drug-likeness (QED) is 0.475. The summed E-state index contributed by atoms with van der Waals surface area (Å²) < 4.78 is 4.98. The number of rotatable bonds is 9. The van der Waals surface area contributed by atoms with Crippen LogP contribution in [0, 0.1) is 0 Å². The molecule has 0 radical (unpaired) electrons. The minimum absolute atomic E-state index is 0.278. The summed E-state index contributed by atoms with van der Waals surface area (Å²) in [7, 11) is 5.77. The molecule has 2 N–H and O–H groups in total. The van der Waals surface area contributed by atoms with Gasteiger partial charge in [-0.15, -0.1) is 0 Å². The molecule has 0 bridgehead atoms. The summed E-state index contributed by atoms with van der Waals surface area (Å²) in [5.74, 6) is -0.963. The van der Waals surface area contributed by atoms with Gasteiger partial charge in [0.05, 0.1) is 25.2 Å². The largest absolute Gasteiger partial charge is 0.385 e. The second-order valence-electron chi connectivity index (χ2n) is 7.75. The molecule has 0 unspecified atom stereocenters. The number of amides is 3. The van der Waals surface area contributed by atoms with Gasteiger partial charge in [0, 0.05) is 37.9 Å². The van der Waals surface area contributed by atoms with Crippen molar-refractivity contribution in [3.63, 3.8) is 0 Å². The van der Waals surface area contributed by atoms with Gasteiger partial charge < -0.3 is 15.0 Å². The normalized spacial score (nSPS) is 13.1. The third-order valence-electron chi connectivity index (χ3n) is 5.00. The molecule has 3 amide bonds. The molecule has 0 fully saturated rings. The molecule has 30 heavy (non-hydrogen) atoms. The zero-order valence-corrected chi connectivity index (χ0v) is 17.7. The van der Waals surface area contributed by atoms with Crippen LogP contribution in [-0.2, 0) is 17.8 Å². The van der Waals surface area contributed by atoms with E-state index in [2.05, 4.69) is 31.5 Å². The Kier molecular flexibility index (Phi) is 6.97. The van der Waals surface area contributed by atoms with Crippen molar-refractivity contribution in [2.45, 2.75) is 19.5 Å². The molecule has 0 aliphatic carbocycles. The van der Waals surface area contributed by atoms with Crippen LogP contribution in [-0.4, -0.2) is 57.0 Å². The Hall–Kier alpha value is -3.03. The Morgan fingerprint density at radius 2 is 1.67 bits per heavy atom. The molecule has 0 saturated carbocycles. The maximum absolute atomic E-state index is 12.6. The fourth-order valence-corrected chi connectivity index (χ4v) is 3.47. The van der Waals surface area contributed by atoms with Crippen LogP contribution in [0.15, 0.2) is 42.5 Å². The molecule has 0 atom stereocenters. The topological polar surface area (TPSA) is 80.2 Å². The minimum atomic E-state index is -0.362. The molecule has 0 saturated heterocycles. The lowest BCUT2D eigenvalue weighted by molar-refractivity contribution is -0.872. The van der Waals surface area contributed by atoms with E-state index in [-0.39, 0.29) is 23.3 Å². The number of nitrogens with one attached hydrogen (secondary N) is 2. The highest BCUT2D eigenvalue weighted by atomic mass is 16.5. The highest BCUT2D eigenvalue weighted by Gasteiger charge is 2.35. The first kappa shape index (κ1) is 21.7. The number of carbonyl (C=O) groups is 3. The number of imide groups is 1. The molecule has 2 aromatic carbocycles. The van der Waals surface area contributed by atoms with E-state index < -0.39 is 0 Å². The minimum Gasteiger partial charge on any atom is -0.385 e. The van der Waals surface area contributed by atoms with Crippen molar-refractivity contribution in [3.05, 3.63) is 70.3 Å². The van der Waals surface area contributed by atoms with E-state index in [0.29, 0.717) is 37.2 Å². The molecule has 0 spiro atoms. The van der Waals surface area contributed by atoms with E-state index in [1.54, 1.807) is 19.2 Å². The zero-order chi connectivity index (χ0) is 21.7. The van der Waals surface area contributed by atoms with Crippen LogP contribution < -0.4 is 10.2 Å². The molecule has 158 valence electrons. The molecule has 1 aliphatic heterocycles. The molecular weight excluding hydrogens is 382 g/mol. The van der Waals surface area contributed by atoms with Gasteiger partial charge in [-0.25, -0.2) is 0 Å². The lowest BCUT2D eigenvalue weighted by Gasteiger charge is -2.12. The summed E-state index contributed by atoms with van der Waals surface area (Å²) in [6, 6.07) is 12.8. The van der Waals surface area contributed by atoms with E-state index in [4.69, 9.17) is 4.74 Å². The van der Waals surface area contributed by atoms with Gasteiger partial charge >= 0.3 is 0 Å². The van der Waals surface area contributed by atoms with Gasteiger partial charge in [-0.3, -0.25) is 19.3 Å². The van der Waals surface area contributed by atoms with Gasteiger partial charge in [-0.05, 0) is 30.2 Å². The smallest absolute Gasteiger partial charge is 0.261 e. The van der Waals surface area contributed by atoms with Crippen LogP contribution in [0.1, 0.15) is 48.6 Å². The third-order valence-corrected chi connectivity index (χ3v) is 5.00. The van der Waals surface area contributed by atoms with Crippen molar-refractivity contribution in [1.82, 2.24) is 10.2 Å². The molecule has 7 heteroatoms. The van der Waals surface area contributed by atoms with E-state index in [0.717, 1.165) is 12.1 Å². The van der Waals surface area contributed by atoms with Crippen molar-refractivity contribution in [1.29, 1.82) is 0 Å². The van der Waals surface area contributed by atoms with E-state index >= 15 is 0 Å². The van der Waals surface area contributed by atoms with Crippen LogP contribution in [0.25, 0.3) is 0 Å². The lowest BCUT2D eigenvalue weighted by atomic mass is 10.1. The average molecular weight is 410 g/mol. The van der Waals surface area contributed by atoms with Gasteiger partial charge in [-0.2, -0.15) is 0 Å². The molecule has 1 heterocycles. The van der Waals surface area contributed by atoms with Crippen molar-refractivity contribution in [3.8, 4) is 0 Å². The third kappa shape index (κ3) is 4.93. The zero-order valence-electron chi connectivity index (χ0n) is 17.7. The van der Waals surface area contributed by atoms with Crippen molar-refractivity contribution >= 4 is 17.7 Å². The number of carbonyl (C=O) groups excluding carboxylic acids is 3. The fourth-order valence-electron chi connectivity index (χ4n) is 3.47. The standard InChI is InChI=1S/C23H27N3O4/c1-25(2)15-17-7-5-16(6-8-17)14-24-21(27)18-9-10-19-20(13-18)23(29)26(22(19)28)11-4-12-30-3/h5-10,13H,4,11-12,14-15H2,1-3H3,(H,24,27)/p+1. The Labute approximate surface area is 176 Å². The summed E-state index contributed by atoms with van der Waals surface area (Å²) in [4.78, 5) is 40.2. The number of hydrogen-bond donors (Lipinski definition) is 2. The van der Waals surface area contributed by atoms with Crippen LogP contribution in [0.2, 0.25) is 0 Å². The van der Waals surface area contributed by atoms with Gasteiger partial charge in [0.15, 0.2) is 0 Å². The number of hydrogen-bond acceptors (Lipinski definition) is 4. The number of methoxy groups -OCH3 is 1. The van der Waals surface area contributed by atoms with Crippen LogP contribution in [0.5, 0.6) is 0 Å². The molecule has 7 nitrogen and oxygen atoms in total. The van der Waals surface area contributed by atoms with Crippen LogP contribution in [0.4, 0.5) is 0 Å². The van der Waals surface area contributed by atoms with Gasteiger partial charge in [0.25, 0.3) is 17.7 Å². The Balaban J connectivity index is 1.63. The Bertz CT molecular complexity index is 938. The van der Waals surface area contributed by atoms with Crippen molar-refractivity contribution < 1.29 is 24.0 Å². The summed E-state index contributed by atoms with van der Waals surface area (Å²) in [5.41, 5.74) is 3.22. The molecule has 3 rings (SSSR count). The fraction of sp³-hybridized carbons (Fsp3) is 0.348. The van der Waals surface area contributed by atoms with Gasteiger partial charge in [-0.1, -0.05) is 24.3 Å². The number of nitrogens with zero attached hydrogens (tertiary/aromatic N) is 1. The highest BCUT2D eigenvalue weighted by molar-refractivity contribution is 6.22. The number of quaternary nitrogens is 1. The second kappa shape index (κ2) is 9.65. The predicted octanol–water partition coefficient (Wildman–Crippen LogP) is 0.894. The van der Waals surface area contributed by atoms with Crippen LogP contribution in [0.3, 0.4) is 0 Å². The lowest BCUT2D eigenvalue weighted by Crippen LogP contribution is -3.04. The summed E-state index contributed by atoms with van der Waals surface area (Å²) in [6.07, 6.45) is 0.573. The first-order valence-corrected chi connectivity index (χ1v) is 10.0. The van der Waals surface area contributed by atoms with E-state index in [1.165, 1.54) is 21.4 Å². The summed E-state index contributed by atoms with van der Waals surface area (Å²) >= 11 is 0. The second-order valence-corrected chi connectivity index (χ2v) is 7.75. The maximum Gasteiger partial charge on any atom is 0.261 e. The van der Waals surface area contributed by atoms with E-state index in [1.807, 2.05) is 12.1 Å². The van der Waals surface area contributed by atoms with Crippen molar-refractivity contribution in [2.75, 3.05) is 34.4 Å². The SMILES string of the molecule is COCCCN1C(=O)c2ccc(C(=O)NCc3ccc(C[NH+](C)C)cc3)cc2C1=O. The molecule has 2 aromatic rings. The average Bonchev–Trinajstić information content (AvgIpc) is 2.97. The molecule has 0 aromatic heterocycles. The first-order chi connectivity index (χ1) is 14.4. The monoisotopic (exact) mass is 410 g/mol. The predicted molar refractivity (Wildman–Crippen MR) is 112 cm³/mol. The number of ether oxygens (including phenoxy) is 1. The summed E-state index contributed by atoms with van der Waals surface area (Å²) in [6.45, 7) is 2.10. The Morgan fingerprint density at radius 1 is 1.00 bits per heavy atom. The Morgan fingerprint density at radius 3 is 2.33 bits per heavy atom. The van der Waals surface area contributed by atoms with Gasteiger partial charge in [0.2, 0.25) is 0 Å². The highest BCUT2D eigenvalue weighted by Crippen LogP contribution is 2.24. The van der Waals surface area contributed by atoms with E-state index in [9.17, 15) is 14.4 Å². The summed E-state index contributed by atoms with van der Waals surface area (Å²) in [5, 5.41) is 2.88. The van der Waals surface area contributed by atoms with Crippen molar-refractivity contribution in [2.24, 2.45) is 0 Å². The van der Waals surface area contributed by atoms with Gasteiger partial charge in [0.1, 0.15) is 6.54 Å². The maximum atomic E-state index is 12.6. The molecule has 1 aliphatic rings. The molecular formula is C23H28N3O4+. The number of fused-ring (bicyclic) bond motifs is 1. The number of benzene rings is 2. The first-order valence-electron chi connectivity index (χ1n) is 10.0.